The Morgan fingerprint density at radius 1 is 1.00 bits per heavy atom. The molecule has 4 nitrogen and oxygen atoms in total. The molecule has 0 aromatic heterocycles. The third-order valence-electron chi connectivity index (χ3n) is 3.76. The predicted molar refractivity (Wildman–Crippen MR) is 89.8 cm³/mol. The Morgan fingerprint density at radius 2 is 1.55 bits per heavy atom. The van der Waals surface area contributed by atoms with Gasteiger partial charge in [0.1, 0.15) is 0 Å². The van der Waals surface area contributed by atoms with E-state index in [1.807, 2.05) is 6.92 Å². The standard InChI is InChI=1S/C18H34O4/c1-3-16(19)13-11-9-7-5-6-8-10-12-14-17(20)15-18(21)22-4-2/h15-16,19-20H,3-14H2,1-2H3. The summed E-state index contributed by atoms with van der Waals surface area (Å²) in [5.74, 6) is -0.346. The van der Waals surface area contributed by atoms with Gasteiger partial charge in [-0.3, -0.25) is 0 Å². The fourth-order valence-electron chi connectivity index (χ4n) is 2.34. The molecule has 1 atom stereocenters. The van der Waals surface area contributed by atoms with Crippen molar-refractivity contribution < 1.29 is 19.7 Å². The lowest BCUT2D eigenvalue weighted by Gasteiger charge is -2.06. The maximum atomic E-state index is 11.1. The smallest absolute Gasteiger partial charge is 0.334 e. The number of rotatable bonds is 14. The lowest BCUT2D eigenvalue weighted by Crippen LogP contribution is -2.03. The lowest BCUT2D eigenvalue weighted by atomic mass is 10.0. The van der Waals surface area contributed by atoms with Gasteiger partial charge in [-0.15, -0.1) is 0 Å². The predicted octanol–water partition coefficient (Wildman–Crippen LogP) is 4.66. The van der Waals surface area contributed by atoms with E-state index in [9.17, 15) is 15.0 Å². The van der Waals surface area contributed by atoms with Gasteiger partial charge in [0.25, 0.3) is 0 Å². The minimum atomic E-state index is -0.465. The van der Waals surface area contributed by atoms with Crippen molar-refractivity contribution in [1.82, 2.24) is 0 Å². The van der Waals surface area contributed by atoms with Crippen LogP contribution >= 0.6 is 0 Å². The number of hydrogen-bond acceptors (Lipinski definition) is 4. The Balaban J connectivity index is 3.34. The molecule has 0 aliphatic heterocycles. The third-order valence-corrected chi connectivity index (χ3v) is 3.76. The fourth-order valence-corrected chi connectivity index (χ4v) is 2.34. The highest BCUT2D eigenvalue weighted by Gasteiger charge is 2.01. The van der Waals surface area contributed by atoms with Crippen LogP contribution in [-0.4, -0.2) is 28.9 Å². The van der Waals surface area contributed by atoms with E-state index in [2.05, 4.69) is 0 Å². The molecule has 0 aliphatic rings. The van der Waals surface area contributed by atoms with E-state index in [0.29, 0.717) is 13.0 Å². The fraction of sp³-hybridized carbons (Fsp3) is 0.833. The Bertz CT molecular complexity index is 299. The topological polar surface area (TPSA) is 66.8 Å². The van der Waals surface area contributed by atoms with E-state index in [1.165, 1.54) is 38.2 Å². The second-order valence-corrected chi connectivity index (χ2v) is 5.82. The van der Waals surface area contributed by atoms with Gasteiger partial charge >= 0.3 is 5.97 Å². The number of esters is 1. The summed E-state index contributed by atoms with van der Waals surface area (Å²) in [4.78, 5) is 11.1. The molecule has 0 amide bonds. The monoisotopic (exact) mass is 314 g/mol. The van der Waals surface area contributed by atoms with Crippen LogP contribution in [-0.2, 0) is 9.53 Å². The normalized spacial score (nSPS) is 13.1. The van der Waals surface area contributed by atoms with Crippen LogP contribution in [0, 0.1) is 0 Å². The van der Waals surface area contributed by atoms with E-state index in [4.69, 9.17) is 4.74 Å². The molecule has 0 aliphatic carbocycles. The number of carbonyl (C=O) groups excluding carboxylic acids is 1. The summed E-state index contributed by atoms with van der Waals surface area (Å²) in [6.07, 6.45) is 12.6. The maximum Gasteiger partial charge on any atom is 0.334 e. The van der Waals surface area contributed by atoms with Crippen molar-refractivity contribution in [3.8, 4) is 0 Å². The minimum Gasteiger partial charge on any atom is -0.512 e. The van der Waals surface area contributed by atoms with Crippen LogP contribution in [0.4, 0.5) is 0 Å². The molecule has 0 fully saturated rings. The average Bonchev–Trinajstić information content (AvgIpc) is 2.48. The van der Waals surface area contributed by atoms with Crippen LogP contribution < -0.4 is 0 Å². The second kappa shape index (κ2) is 14.9. The number of carbonyl (C=O) groups is 1. The van der Waals surface area contributed by atoms with Crippen LogP contribution in [0.3, 0.4) is 0 Å². The van der Waals surface area contributed by atoms with Crippen molar-refractivity contribution in [2.75, 3.05) is 6.61 Å². The highest BCUT2D eigenvalue weighted by molar-refractivity contribution is 5.82. The van der Waals surface area contributed by atoms with E-state index >= 15 is 0 Å². The van der Waals surface area contributed by atoms with Crippen LogP contribution in [0.5, 0.6) is 0 Å². The van der Waals surface area contributed by atoms with Crippen molar-refractivity contribution in [3.63, 3.8) is 0 Å². The number of unbranched alkanes of at least 4 members (excludes halogenated alkanes) is 7. The molecule has 0 aromatic rings. The quantitative estimate of drug-likeness (QED) is 0.212. The van der Waals surface area contributed by atoms with Crippen molar-refractivity contribution in [2.24, 2.45) is 0 Å². The van der Waals surface area contributed by atoms with Gasteiger partial charge in [-0.2, -0.15) is 0 Å². The van der Waals surface area contributed by atoms with Crippen molar-refractivity contribution in [3.05, 3.63) is 11.8 Å². The highest BCUT2D eigenvalue weighted by Crippen LogP contribution is 2.13. The van der Waals surface area contributed by atoms with E-state index in [-0.39, 0.29) is 11.9 Å². The summed E-state index contributed by atoms with van der Waals surface area (Å²) in [6.45, 7) is 4.10. The molecule has 0 heterocycles. The summed E-state index contributed by atoms with van der Waals surface area (Å²) in [5.41, 5.74) is 0. The van der Waals surface area contributed by atoms with Gasteiger partial charge in [-0.25, -0.2) is 4.79 Å². The number of hydrogen-bond donors (Lipinski definition) is 2. The Hall–Kier alpha value is -1.03. The summed E-state index contributed by atoms with van der Waals surface area (Å²) >= 11 is 0. The Morgan fingerprint density at radius 3 is 2.09 bits per heavy atom. The van der Waals surface area contributed by atoms with Gasteiger partial charge in [0.05, 0.1) is 24.5 Å². The van der Waals surface area contributed by atoms with Gasteiger partial charge < -0.3 is 14.9 Å². The van der Waals surface area contributed by atoms with E-state index in [1.54, 1.807) is 6.92 Å². The molecule has 0 aromatic carbocycles. The lowest BCUT2D eigenvalue weighted by molar-refractivity contribution is -0.137. The molecule has 2 N–H and O–H groups in total. The van der Waals surface area contributed by atoms with Gasteiger partial charge in [0.2, 0.25) is 0 Å². The van der Waals surface area contributed by atoms with Crippen LogP contribution in [0.1, 0.15) is 84.5 Å². The third kappa shape index (κ3) is 13.9. The number of allylic oxidation sites excluding steroid dienone is 1. The number of aliphatic hydroxyl groups excluding tert-OH is 2. The second-order valence-electron chi connectivity index (χ2n) is 5.82. The molecule has 4 heteroatoms. The zero-order valence-corrected chi connectivity index (χ0v) is 14.4. The van der Waals surface area contributed by atoms with Crippen molar-refractivity contribution in [1.29, 1.82) is 0 Å². The molecule has 0 bridgehead atoms. The summed E-state index contributed by atoms with van der Waals surface area (Å²) in [7, 11) is 0. The van der Waals surface area contributed by atoms with Gasteiger partial charge in [-0.05, 0) is 26.2 Å². The summed E-state index contributed by atoms with van der Waals surface area (Å²) in [5, 5.41) is 19.0. The molecule has 0 radical (unpaired) electrons. The molecular formula is C18H34O4. The van der Waals surface area contributed by atoms with E-state index in [0.717, 1.165) is 32.1 Å². The first kappa shape index (κ1) is 21.0. The Labute approximate surface area is 135 Å². The molecule has 0 rings (SSSR count). The zero-order chi connectivity index (χ0) is 16.6. The van der Waals surface area contributed by atoms with Gasteiger partial charge in [0, 0.05) is 6.42 Å². The van der Waals surface area contributed by atoms with Crippen LogP contribution in [0.15, 0.2) is 11.8 Å². The summed E-state index contributed by atoms with van der Waals surface area (Å²) < 4.78 is 4.73. The first-order valence-corrected chi connectivity index (χ1v) is 8.84. The SMILES string of the molecule is CCOC(=O)C=C(O)CCCCCCCCCCC(O)CC. The van der Waals surface area contributed by atoms with Gasteiger partial charge in [0.15, 0.2) is 0 Å². The van der Waals surface area contributed by atoms with E-state index < -0.39 is 5.97 Å². The molecule has 0 saturated carbocycles. The first-order valence-electron chi connectivity index (χ1n) is 8.84. The molecule has 22 heavy (non-hydrogen) atoms. The molecule has 0 saturated heterocycles. The molecule has 130 valence electrons. The maximum absolute atomic E-state index is 11.1. The van der Waals surface area contributed by atoms with Crippen molar-refractivity contribution in [2.45, 2.75) is 90.6 Å². The van der Waals surface area contributed by atoms with Crippen LogP contribution in [0.25, 0.3) is 0 Å². The molecule has 0 spiro atoms. The summed E-state index contributed by atoms with van der Waals surface area (Å²) in [6, 6.07) is 0. The number of aliphatic hydroxyl groups is 2. The molecule has 1 unspecified atom stereocenters. The van der Waals surface area contributed by atoms with Gasteiger partial charge in [-0.1, -0.05) is 51.9 Å². The minimum absolute atomic E-state index is 0.115. The largest absolute Gasteiger partial charge is 0.512 e. The van der Waals surface area contributed by atoms with Crippen LogP contribution in [0.2, 0.25) is 0 Å². The van der Waals surface area contributed by atoms with Crippen molar-refractivity contribution >= 4 is 5.97 Å². The first-order chi connectivity index (χ1) is 10.6. The highest BCUT2D eigenvalue weighted by atomic mass is 16.5. The Kier molecular flexibility index (Phi) is 14.2. The zero-order valence-electron chi connectivity index (χ0n) is 14.4. The number of ether oxygens (including phenoxy) is 1. The molecular weight excluding hydrogens is 280 g/mol. The average molecular weight is 314 g/mol.